The van der Waals surface area contributed by atoms with Gasteiger partial charge in [0.15, 0.2) is 0 Å². The number of rotatable bonds is 10. The van der Waals surface area contributed by atoms with Crippen molar-refractivity contribution in [3.63, 3.8) is 0 Å². The van der Waals surface area contributed by atoms with Gasteiger partial charge in [-0.1, -0.05) is 24.3 Å². The van der Waals surface area contributed by atoms with Crippen LogP contribution in [0.5, 0.6) is 5.75 Å². The fraction of sp³-hybridized carbons (Fsp3) is 0.310. The Kier molecular flexibility index (Phi) is 7.53. The molecule has 3 N–H and O–H groups in total. The van der Waals surface area contributed by atoms with Crippen molar-refractivity contribution in [2.75, 3.05) is 18.5 Å². The number of carboxylic acid groups (broad SMARTS) is 1. The third-order valence-corrected chi connectivity index (χ3v) is 6.78. The molecule has 9 heteroatoms. The van der Waals surface area contributed by atoms with Gasteiger partial charge in [-0.2, -0.15) is 5.10 Å². The van der Waals surface area contributed by atoms with Crippen LogP contribution in [-0.2, 0) is 31.1 Å². The van der Waals surface area contributed by atoms with Crippen molar-refractivity contribution in [3.05, 3.63) is 83.2 Å². The van der Waals surface area contributed by atoms with Gasteiger partial charge in [0, 0.05) is 36.7 Å². The van der Waals surface area contributed by atoms with E-state index in [0.717, 1.165) is 60.2 Å². The Hall–Kier alpha value is -4.40. The van der Waals surface area contributed by atoms with Gasteiger partial charge in [-0.25, -0.2) is 9.78 Å². The van der Waals surface area contributed by atoms with E-state index >= 15 is 0 Å². The Morgan fingerprint density at radius 1 is 1.16 bits per heavy atom. The molecule has 4 aromatic rings. The number of ether oxygens (including phenoxy) is 1. The number of aliphatic carboxylic acids is 1. The van der Waals surface area contributed by atoms with E-state index in [9.17, 15) is 14.7 Å². The number of pyridine rings is 1. The largest absolute Gasteiger partial charge is 0.494 e. The molecule has 0 aliphatic carbocycles. The third-order valence-electron chi connectivity index (χ3n) is 6.78. The second-order valence-electron chi connectivity index (χ2n) is 9.55. The number of aromatic nitrogens is 3. The second kappa shape index (κ2) is 11.3. The first kappa shape index (κ1) is 25.3. The minimum Gasteiger partial charge on any atom is -0.494 e. The van der Waals surface area contributed by atoms with Gasteiger partial charge in [0.05, 0.1) is 18.3 Å². The summed E-state index contributed by atoms with van der Waals surface area (Å²) in [6, 6.07) is 15.7. The zero-order valence-corrected chi connectivity index (χ0v) is 21.3. The summed E-state index contributed by atoms with van der Waals surface area (Å²) in [5, 5.41) is 20.8. The van der Waals surface area contributed by atoms with Gasteiger partial charge in [0.25, 0.3) is 5.91 Å². The van der Waals surface area contributed by atoms with Crippen LogP contribution in [0.15, 0.2) is 60.8 Å². The Balaban J connectivity index is 1.12. The van der Waals surface area contributed by atoms with Crippen LogP contribution in [0.4, 0.5) is 5.82 Å². The Morgan fingerprint density at radius 2 is 2.00 bits per heavy atom. The number of benzene rings is 2. The summed E-state index contributed by atoms with van der Waals surface area (Å²) in [7, 11) is 1.79. The number of hydrogen-bond donors (Lipinski definition) is 3. The zero-order valence-electron chi connectivity index (χ0n) is 21.3. The van der Waals surface area contributed by atoms with Gasteiger partial charge in [0.1, 0.15) is 17.6 Å². The lowest BCUT2D eigenvalue weighted by atomic mass is 10.0. The number of carboxylic acids is 1. The lowest BCUT2D eigenvalue weighted by molar-refractivity contribution is -0.139. The third kappa shape index (κ3) is 5.94. The summed E-state index contributed by atoms with van der Waals surface area (Å²) >= 11 is 0. The summed E-state index contributed by atoms with van der Waals surface area (Å²) in [5.41, 5.74) is 4.32. The molecule has 0 spiro atoms. The zero-order chi connectivity index (χ0) is 26.5. The number of nitrogens with one attached hydrogen (secondary N) is 2. The van der Waals surface area contributed by atoms with Crippen LogP contribution in [0.3, 0.4) is 0 Å². The normalized spacial score (nSPS) is 13.4. The molecular weight excluding hydrogens is 482 g/mol. The molecule has 5 rings (SSSR count). The Labute approximate surface area is 220 Å². The molecule has 0 radical (unpaired) electrons. The molecule has 0 saturated carbocycles. The van der Waals surface area contributed by atoms with Crippen LogP contribution in [0.1, 0.15) is 40.0 Å². The maximum absolute atomic E-state index is 12.8. The highest BCUT2D eigenvalue weighted by Crippen LogP contribution is 2.21. The summed E-state index contributed by atoms with van der Waals surface area (Å²) in [5.74, 6) is 0.195. The Morgan fingerprint density at radius 3 is 2.82 bits per heavy atom. The molecule has 1 amide bonds. The monoisotopic (exact) mass is 513 g/mol. The van der Waals surface area contributed by atoms with E-state index in [0.29, 0.717) is 17.9 Å². The van der Waals surface area contributed by atoms with Crippen molar-refractivity contribution >= 4 is 28.6 Å². The molecule has 1 aliphatic rings. The molecule has 1 aliphatic heterocycles. The molecular formula is C29H31N5O4. The summed E-state index contributed by atoms with van der Waals surface area (Å²) in [6.45, 7) is 1.53. The number of aryl methyl sites for hydroxylation is 3. The highest BCUT2D eigenvalue weighted by atomic mass is 16.5. The smallest absolute Gasteiger partial charge is 0.326 e. The van der Waals surface area contributed by atoms with Crippen LogP contribution in [-0.4, -0.2) is 50.9 Å². The molecule has 2 aromatic carbocycles. The SMILES string of the molecule is Cn1ncc2ccc(C(=O)NC(Cc3ccc(OCCCc4ccc5c(n4)NCCC5)cc3)C(=O)O)cc21. The van der Waals surface area contributed by atoms with Crippen molar-refractivity contribution in [1.82, 2.24) is 20.1 Å². The number of hydrogen-bond acceptors (Lipinski definition) is 6. The number of carbonyl (C=O) groups excluding carboxylic acids is 1. The fourth-order valence-corrected chi connectivity index (χ4v) is 4.64. The first-order valence-electron chi connectivity index (χ1n) is 12.9. The standard InChI is InChI=1S/C29H31N5O4/c1-34-26-17-21(8-9-22(26)18-31-34)28(35)33-25(29(36)37)16-19-6-12-24(13-7-19)38-15-3-5-23-11-10-20-4-2-14-30-27(20)32-23/h6-13,17-18,25H,2-5,14-16H2,1H3,(H,30,32)(H,33,35)(H,36,37). The predicted molar refractivity (Wildman–Crippen MR) is 145 cm³/mol. The molecule has 196 valence electrons. The number of amides is 1. The van der Waals surface area contributed by atoms with E-state index in [4.69, 9.17) is 9.72 Å². The van der Waals surface area contributed by atoms with Crippen LogP contribution in [0, 0.1) is 0 Å². The second-order valence-corrected chi connectivity index (χ2v) is 9.55. The molecule has 38 heavy (non-hydrogen) atoms. The van der Waals surface area contributed by atoms with Gasteiger partial charge < -0.3 is 20.5 Å². The molecule has 9 nitrogen and oxygen atoms in total. The van der Waals surface area contributed by atoms with Crippen molar-refractivity contribution < 1.29 is 19.4 Å². The quantitative estimate of drug-likeness (QED) is 0.276. The maximum Gasteiger partial charge on any atom is 0.326 e. The van der Waals surface area contributed by atoms with Gasteiger partial charge >= 0.3 is 5.97 Å². The van der Waals surface area contributed by atoms with Gasteiger partial charge in [-0.05, 0) is 67.1 Å². The lowest BCUT2D eigenvalue weighted by Gasteiger charge is -2.17. The van der Waals surface area contributed by atoms with E-state index in [2.05, 4.69) is 27.9 Å². The van der Waals surface area contributed by atoms with Crippen LogP contribution in [0.25, 0.3) is 10.9 Å². The van der Waals surface area contributed by atoms with Crippen molar-refractivity contribution in [1.29, 1.82) is 0 Å². The van der Waals surface area contributed by atoms with Gasteiger partial charge in [-0.15, -0.1) is 0 Å². The Bertz CT molecular complexity index is 1450. The van der Waals surface area contributed by atoms with E-state index in [-0.39, 0.29) is 6.42 Å². The maximum atomic E-state index is 12.8. The van der Waals surface area contributed by atoms with Crippen LogP contribution in [0.2, 0.25) is 0 Å². The van der Waals surface area contributed by atoms with Crippen LogP contribution >= 0.6 is 0 Å². The van der Waals surface area contributed by atoms with Gasteiger partial charge in [0.2, 0.25) is 0 Å². The molecule has 0 fully saturated rings. The lowest BCUT2D eigenvalue weighted by Crippen LogP contribution is -2.42. The topological polar surface area (TPSA) is 118 Å². The highest BCUT2D eigenvalue weighted by Gasteiger charge is 2.21. The summed E-state index contributed by atoms with van der Waals surface area (Å²) in [4.78, 5) is 29.4. The van der Waals surface area contributed by atoms with Crippen LogP contribution < -0.4 is 15.4 Å². The molecule has 1 unspecified atom stereocenters. The molecule has 1 atom stereocenters. The van der Waals surface area contributed by atoms with Crippen molar-refractivity contribution in [2.45, 2.75) is 38.1 Å². The van der Waals surface area contributed by atoms with E-state index < -0.39 is 17.9 Å². The number of carbonyl (C=O) groups is 2. The average molecular weight is 514 g/mol. The molecule has 3 heterocycles. The predicted octanol–water partition coefficient (Wildman–Crippen LogP) is 3.76. The highest BCUT2D eigenvalue weighted by molar-refractivity contribution is 5.99. The number of fused-ring (bicyclic) bond motifs is 2. The number of anilines is 1. The number of nitrogens with zero attached hydrogens (tertiary/aromatic N) is 3. The molecule has 2 aromatic heterocycles. The summed E-state index contributed by atoms with van der Waals surface area (Å²) in [6.07, 6.45) is 5.78. The van der Waals surface area contributed by atoms with Crippen molar-refractivity contribution in [3.8, 4) is 5.75 Å². The first-order chi connectivity index (χ1) is 18.5. The van der Waals surface area contributed by atoms with E-state index in [1.165, 1.54) is 5.56 Å². The minimum absolute atomic E-state index is 0.160. The fourth-order valence-electron chi connectivity index (χ4n) is 4.64. The van der Waals surface area contributed by atoms with Gasteiger partial charge in [-0.3, -0.25) is 9.48 Å². The minimum atomic E-state index is -1.09. The van der Waals surface area contributed by atoms with E-state index in [1.54, 1.807) is 36.1 Å². The molecule has 0 bridgehead atoms. The molecule has 0 saturated heterocycles. The first-order valence-corrected chi connectivity index (χ1v) is 12.9. The van der Waals surface area contributed by atoms with E-state index in [1.807, 2.05) is 24.3 Å². The van der Waals surface area contributed by atoms with Crippen molar-refractivity contribution in [2.24, 2.45) is 7.05 Å². The average Bonchev–Trinajstić information content (AvgIpc) is 3.31. The summed E-state index contributed by atoms with van der Waals surface area (Å²) < 4.78 is 7.55.